The van der Waals surface area contributed by atoms with Crippen LogP contribution in [0.2, 0.25) is 0 Å². The van der Waals surface area contributed by atoms with Crippen LogP contribution in [0.15, 0.2) is 11.7 Å². The fraction of sp³-hybridized carbons (Fsp3) is 0.571. The van der Waals surface area contributed by atoms with E-state index in [2.05, 4.69) is 0 Å². The molecule has 124 valence electrons. The van der Waals surface area contributed by atoms with Gasteiger partial charge in [-0.2, -0.15) is 43.9 Å². The molecule has 14 heteroatoms. The van der Waals surface area contributed by atoms with Crippen molar-refractivity contribution >= 4 is 5.97 Å². The van der Waals surface area contributed by atoms with Crippen LogP contribution in [0.5, 0.6) is 0 Å². The van der Waals surface area contributed by atoms with Crippen LogP contribution in [-0.2, 0) is 9.53 Å². The highest BCUT2D eigenvalue weighted by Crippen LogP contribution is 2.47. The van der Waals surface area contributed by atoms with Crippen molar-refractivity contribution in [3.8, 4) is 0 Å². The zero-order valence-corrected chi connectivity index (χ0v) is 8.92. The summed E-state index contributed by atoms with van der Waals surface area (Å²) >= 11 is 0. The highest BCUT2D eigenvalue weighted by molar-refractivity contribution is 5.73. The standard InChI is InChI=1S/C7HF11O3/c8-1(2(9)5(12,13)14)4(10,11)7(17,18)21-6(15,16)3(19)20/h(H,19,20)/b2-1+. The summed E-state index contributed by atoms with van der Waals surface area (Å²) in [5, 5.41) is 7.63. The van der Waals surface area contributed by atoms with Gasteiger partial charge in [0.05, 0.1) is 0 Å². The smallest absolute Gasteiger partial charge is 0.460 e. The van der Waals surface area contributed by atoms with Gasteiger partial charge in [0.1, 0.15) is 0 Å². The summed E-state index contributed by atoms with van der Waals surface area (Å²) in [7, 11) is 0. The number of hydrogen-bond donors (Lipinski definition) is 1. The third kappa shape index (κ3) is 3.95. The minimum atomic E-state index is -6.86. The first-order valence-electron chi connectivity index (χ1n) is 4.16. The van der Waals surface area contributed by atoms with Crippen LogP contribution in [0.25, 0.3) is 0 Å². The maximum atomic E-state index is 12.6. The lowest BCUT2D eigenvalue weighted by Gasteiger charge is -2.27. The molecule has 0 saturated heterocycles. The Morgan fingerprint density at radius 2 is 1.19 bits per heavy atom. The molecule has 0 aliphatic carbocycles. The number of hydrogen-bond acceptors (Lipinski definition) is 2. The summed E-state index contributed by atoms with van der Waals surface area (Å²) in [6.45, 7) is 0. The van der Waals surface area contributed by atoms with Crippen LogP contribution < -0.4 is 0 Å². The Kier molecular flexibility index (Phi) is 4.90. The molecule has 0 spiro atoms. The Bertz CT molecular complexity index is 449. The number of allylic oxidation sites excluding steroid dienone is 1. The molecule has 0 rings (SSSR count). The van der Waals surface area contributed by atoms with Crippen molar-refractivity contribution in [1.82, 2.24) is 0 Å². The maximum Gasteiger partial charge on any atom is 0.460 e. The van der Waals surface area contributed by atoms with Gasteiger partial charge in [-0.05, 0) is 0 Å². The third-order valence-electron chi connectivity index (χ3n) is 1.59. The highest BCUT2D eigenvalue weighted by Gasteiger charge is 2.68. The molecule has 0 aromatic rings. The fourth-order valence-corrected chi connectivity index (χ4v) is 0.659. The number of rotatable bonds is 5. The monoisotopic (exact) mass is 342 g/mol. The van der Waals surface area contributed by atoms with Gasteiger partial charge in [0.15, 0.2) is 0 Å². The fourth-order valence-electron chi connectivity index (χ4n) is 0.659. The Balaban J connectivity index is 5.75. The number of alkyl halides is 9. The summed E-state index contributed by atoms with van der Waals surface area (Å²) < 4.78 is 136. The molecular weight excluding hydrogens is 341 g/mol. The minimum absolute atomic E-state index is 1.81. The quantitative estimate of drug-likeness (QED) is 0.777. The Hall–Kier alpha value is -1.60. The molecule has 1 N–H and O–H groups in total. The van der Waals surface area contributed by atoms with Gasteiger partial charge in [0.2, 0.25) is 11.7 Å². The second kappa shape index (κ2) is 5.31. The molecule has 0 amide bonds. The van der Waals surface area contributed by atoms with Gasteiger partial charge in [-0.1, -0.05) is 0 Å². The van der Waals surface area contributed by atoms with E-state index in [0.717, 1.165) is 0 Å². The van der Waals surface area contributed by atoms with E-state index < -0.39 is 41.9 Å². The van der Waals surface area contributed by atoms with Gasteiger partial charge in [0, 0.05) is 0 Å². The SMILES string of the molecule is O=C(O)C(F)(F)OC(F)(F)C(F)(F)/C(F)=C(\F)C(F)(F)F. The van der Waals surface area contributed by atoms with E-state index >= 15 is 0 Å². The van der Waals surface area contributed by atoms with E-state index in [0.29, 0.717) is 0 Å². The van der Waals surface area contributed by atoms with Crippen molar-refractivity contribution in [2.24, 2.45) is 0 Å². The average molecular weight is 342 g/mol. The summed E-state index contributed by atoms with van der Waals surface area (Å²) in [4.78, 5) is 9.68. The number of carbonyl (C=O) groups is 1. The minimum Gasteiger partial charge on any atom is -0.475 e. The van der Waals surface area contributed by atoms with E-state index in [4.69, 9.17) is 5.11 Å². The molecule has 21 heavy (non-hydrogen) atoms. The van der Waals surface area contributed by atoms with Crippen molar-refractivity contribution < 1.29 is 62.9 Å². The molecular formula is C7HF11O3. The van der Waals surface area contributed by atoms with Gasteiger partial charge >= 0.3 is 30.3 Å². The maximum absolute atomic E-state index is 12.6. The number of carboxylic acid groups (broad SMARTS) is 1. The third-order valence-corrected chi connectivity index (χ3v) is 1.59. The highest BCUT2D eigenvalue weighted by atomic mass is 19.4. The summed E-state index contributed by atoms with van der Waals surface area (Å²) in [6.07, 6.45) is -19.3. The first-order chi connectivity index (χ1) is 8.97. The normalized spacial score (nSPS) is 15.8. The van der Waals surface area contributed by atoms with E-state index in [9.17, 15) is 53.1 Å². The van der Waals surface area contributed by atoms with Gasteiger partial charge in [0.25, 0.3) is 0 Å². The largest absolute Gasteiger partial charge is 0.475 e. The molecule has 0 aromatic heterocycles. The van der Waals surface area contributed by atoms with Crippen molar-refractivity contribution in [1.29, 1.82) is 0 Å². The molecule has 0 aliphatic heterocycles. The second-order valence-electron chi connectivity index (χ2n) is 3.14. The Morgan fingerprint density at radius 3 is 1.48 bits per heavy atom. The van der Waals surface area contributed by atoms with Crippen molar-refractivity contribution in [3.63, 3.8) is 0 Å². The summed E-state index contributed by atoms with van der Waals surface area (Å²) in [5.74, 6) is -19.2. The molecule has 0 bridgehead atoms. The molecule has 0 unspecified atom stereocenters. The lowest BCUT2D eigenvalue weighted by atomic mass is 10.2. The first kappa shape index (κ1) is 19.4. The predicted octanol–water partition coefficient (Wildman–Crippen LogP) is 3.62. The molecule has 0 radical (unpaired) electrons. The molecule has 0 heterocycles. The Morgan fingerprint density at radius 1 is 0.810 bits per heavy atom. The zero-order valence-electron chi connectivity index (χ0n) is 8.92. The van der Waals surface area contributed by atoms with Crippen LogP contribution in [0, 0.1) is 0 Å². The van der Waals surface area contributed by atoms with Crippen LogP contribution in [0.1, 0.15) is 0 Å². The van der Waals surface area contributed by atoms with Crippen molar-refractivity contribution in [3.05, 3.63) is 11.7 Å². The molecule has 0 aromatic carbocycles. The van der Waals surface area contributed by atoms with Gasteiger partial charge in [-0.15, -0.1) is 0 Å². The average Bonchev–Trinajstić information content (AvgIpc) is 2.23. The van der Waals surface area contributed by atoms with Crippen LogP contribution >= 0.6 is 0 Å². The molecule has 0 atom stereocenters. The number of carboxylic acids is 1. The van der Waals surface area contributed by atoms with Crippen LogP contribution in [-0.4, -0.2) is 35.4 Å². The van der Waals surface area contributed by atoms with Crippen LogP contribution in [0.4, 0.5) is 48.3 Å². The van der Waals surface area contributed by atoms with Crippen LogP contribution in [0.3, 0.4) is 0 Å². The molecule has 0 aliphatic rings. The van der Waals surface area contributed by atoms with Gasteiger partial charge < -0.3 is 5.11 Å². The van der Waals surface area contributed by atoms with Gasteiger partial charge in [-0.25, -0.2) is 13.9 Å². The van der Waals surface area contributed by atoms with E-state index in [1.54, 1.807) is 0 Å². The summed E-state index contributed by atoms with van der Waals surface area (Å²) in [6, 6.07) is 0. The van der Waals surface area contributed by atoms with E-state index in [-0.39, 0.29) is 0 Å². The number of ether oxygens (including phenoxy) is 1. The predicted molar refractivity (Wildman–Crippen MR) is 38.9 cm³/mol. The van der Waals surface area contributed by atoms with Crippen molar-refractivity contribution in [2.75, 3.05) is 0 Å². The lowest BCUT2D eigenvalue weighted by molar-refractivity contribution is -0.415. The molecule has 3 nitrogen and oxygen atoms in total. The lowest BCUT2D eigenvalue weighted by Crippen LogP contribution is -2.50. The number of halogens is 11. The number of aliphatic carboxylic acids is 1. The first-order valence-corrected chi connectivity index (χ1v) is 4.16. The van der Waals surface area contributed by atoms with Gasteiger partial charge in [-0.3, -0.25) is 0 Å². The topological polar surface area (TPSA) is 46.5 Å². The Labute approximate surface area is 106 Å². The van der Waals surface area contributed by atoms with E-state index in [1.807, 2.05) is 4.74 Å². The summed E-state index contributed by atoms with van der Waals surface area (Å²) in [5.41, 5.74) is 0. The molecule has 0 saturated carbocycles. The zero-order chi connectivity index (χ0) is 17.4. The second-order valence-corrected chi connectivity index (χ2v) is 3.14. The van der Waals surface area contributed by atoms with Crippen molar-refractivity contribution in [2.45, 2.75) is 24.3 Å². The molecule has 0 fully saturated rings. The van der Waals surface area contributed by atoms with E-state index in [1.165, 1.54) is 0 Å².